The van der Waals surface area contributed by atoms with Gasteiger partial charge < -0.3 is 68.6 Å². The zero-order valence-electron chi connectivity index (χ0n) is 68.8. The molecule has 640 valence electrons. The van der Waals surface area contributed by atoms with Gasteiger partial charge in [-0.2, -0.15) is 0 Å². The lowest BCUT2D eigenvalue weighted by Gasteiger charge is -2.23. The van der Waals surface area contributed by atoms with E-state index in [1.54, 1.807) is 105 Å². The van der Waals surface area contributed by atoms with Gasteiger partial charge in [-0.05, 0) is 181 Å². The van der Waals surface area contributed by atoms with Crippen LogP contribution in [0.2, 0.25) is 0 Å². The van der Waals surface area contributed by atoms with E-state index in [-0.39, 0.29) is 189 Å². The minimum atomic E-state index is -0.663. The summed E-state index contributed by atoms with van der Waals surface area (Å²) in [5.41, 5.74) is 1.52. The quantitative estimate of drug-likeness (QED) is 0.0192. The average molecular weight is 1610 g/mol. The van der Waals surface area contributed by atoms with Crippen LogP contribution in [0.5, 0.6) is 0 Å². The molecule has 8 unspecified atom stereocenters. The largest absolute Gasteiger partial charge is 0.462 e. The SMILES string of the molecule is C1CC2C3CCC(C3)C2C1.C1CC2C3CCC(C3)C2C1.C=C(C)C(=O)OCCNC(=O)N(CC)C(=O)CCC(=O)OCCOC(=O)C(=C)C.C=C(C)C(=O)OCCNC(=O)N(CC)C(=O)CCC(=O)OCCOC(=O)C(=C)C.C=C(C)C(=O)OCCOC(=O)CCC(=O)NCC.C=C(C)C(=O)OCCOC(=O)CCC(=O)NCC. The number of esters is 10. The van der Waals surface area contributed by atoms with Crippen LogP contribution in [0.25, 0.3) is 0 Å². The Bertz CT molecular complexity index is 3060. The summed E-state index contributed by atoms with van der Waals surface area (Å²) >= 11 is 0. The summed E-state index contributed by atoms with van der Waals surface area (Å²) in [6, 6.07) is -1.33. The molecule has 0 aromatic rings. The molecule has 114 heavy (non-hydrogen) atoms. The van der Waals surface area contributed by atoms with Crippen molar-refractivity contribution in [3.8, 4) is 0 Å². The number of imide groups is 2. The highest BCUT2D eigenvalue weighted by Gasteiger charge is 2.50. The fraction of sp³-hybridized carbons (Fsp3) is 0.659. The zero-order chi connectivity index (χ0) is 85.8. The highest BCUT2D eigenvalue weighted by atomic mass is 16.6. The zero-order valence-corrected chi connectivity index (χ0v) is 68.8. The van der Waals surface area contributed by atoms with E-state index >= 15 is 0 Å². The van der Waals surface area contributed by atoms with E-state index in [0.29, 0.717) is 13.1 Å². The molecule has 8 atom stereocenters. The van der Waals surface area contributed by atoms with E-state index in [4.69, 9.17) is 47.4 Å². The molecule has 6 fully saturated rings. The van der Waals surface area contributed by atoms with Crippen molar-refractivity contribution in [2.75, 3.05) is 105 Å². The van der Waals surface area contributed by atoms with Crippen molar-refractivity contribution in [3.05, 3.63) is 72.9 Å². The maximum Gasteiger partial charge on any atom is 0.333 e. The number of hydrogen-bond acceptors (Lipinski definition) is 26. The first kappa shape index (κ1) is 102. The van der Waals surface area contributed by atoms with Gasteiger partial charge in [0, 0.05) is 85.3 Å². The van der Waals surface area contributed by atoms with Gasteiger partial charge in [0.05, 0.1) is 38.8 Å². The van der Waals surface area contributed by atoms with E-state index in [2.05, 4.69) is 60.7 Å². The van der Waals surface area contributed by atoms with E-state index in [1.165, 1.54) is 88.9 Å². The van der Waals surface area contributed by atoms with E-state index in [1.807, 2.05) is 0 Å². The Morgan fingerprint density at radius 3 is 0.728 bits per heavy atom. The molecule has 0 radical (unpaired) electrons. The van der Waals surface area contributed by atoms with Crippen LogP contribution in [0.4, 0.5) is 9.59 Å². The second-order valence-electron chi connectivity index (χ2n) is 28.2. The Labute approximate surface area is 671 Å². The molecule has 0 aromatic heterocycles. The van der Waals surface area contributed by atoms with Crippen LogP contribution in [0.3, 0.4) is 0 Å². The van der Waals surface area contributed by atoms with Gasteiger partial charge in [-0.3, -0.25) is 48.2 Å². The summed E-state index contributed by atoms with van der Waals surface area (Å²) in [5.74, 6) is 2.43. The van der Waals surface area contributed by atoms with Gasteiger partial charge in [0.25, 0.3) is 0 Å². The summed E-state index contributed by atoms with van der Waals surface area (Å²) in [5, 5.41) is 10.0. The van der Waals surface area contributed by atoms with Crippen LogP contribution in [0.1, 0.15) is 198 Å². The first-order valence-corrected chi connectivity index (χ1v) is 39.3. The summed E-state index contributed by atoms with van der Waals surface area (Å²) in [6.07, 6.45) is 18.4. The standard InChI is InChI=1S/2C19H28N2O8.2C12H19NO5.2C10H16/c2*1-6-21(19(26)20-9-10-28-17(24)13(2)3)15(22)7-8-16(23)27-11-12-29-18(25)14(4)5;2*1-4-13-10(14)5-6-11(15)17-7-8-18-12(16)9(2)3;2*1-2-9-7-4-5-8(6-7)10(9)3-1/h2*2,4,6-12H2,1,3,5H3,(H,20,26);2*2,4-8H2,1,3H3,(H,13,14);2*7-10H,1-6H2. The number of nitrogens with zero attached hydrogens (tertiary/aromatic N) is 2. The van der Waals surface area contributed by atoms with Gasteiger partial charge in [0.1, 0.15) is 66.1 Å². The number of urea groups is 2. The van der Waals surface area contributed by atoms with Gasteiger partial charge in [-0.15, -0.1) is 0 Å². The summed E-state index contributed by atoms with van der Waals surface area (Å²) in [6.45, 7) is 36.9. The number of carbonyl (C=O) groups excluding carboxylic acids is 16. The minimum Gasteiger partial charge on any atom is -0.462 e. The smallest absolute Gasteiger partial charge is 0.333 e. The fourth-order valence-electron chi connectivity index (χ4n) is 13.6. The number of carbonyl (C=O) groups is 16. The maximum absolute atomic E-state index is 12.1. The predicted molar refractivity (Wildman–Crippen MR) is 418 cm³/mol. The molecule has 0 aromatic carbocycles. The van der Waals surface area contributed by atoms with Crippen molar-refractivity contribution >= 4 is 95.4 Å². The van der Waals surface area contributed by atoms with Gasteiger partial charge in [0.15, 0.2) is 0 Å². The topological polar surface area (TPSA) is 420 Å². The Morgan fingerprint density at radius 1 is 0.289 bits per heavy atom. The molecule has 6 saturated carbocycles. The third-order valence-corrected chi connectivity index (χ3v) is 19.0. The predicted octanol–water partition coefficient (Wildman–Crippen LogP) is 9.01. The number of rotatable bonds is 40. The van der Waals surface area contributed by atoms with Crippen molar-refractivity contribution in [2.45, 2.75) is 198 Å². The minimum absolute atomic E-state index is 0.0142. The number of fused-ring (bicyclic) bond motifs is 10. The first-order chi connectivity index (χ1) is 54.0. The number of amides is 8. The highest BCUT2D eigenvalue weighted by molar-refractivity contribution is 5.97. The molecule has 32 heteroatoms. The van der Waals surface area contributed by atoms with Crippen molar-refractivity contribution in [3.63, 3.8) is 0 Å². The Kier molecular flexibility index (Phi) is 51.8. The molecule has 4 bridgehead atoms. The summed E-state index contributed by atoms with van der Waals surface area (Å²) < 4.78 is 47.9. The van der Waals surface area contributed by atoms with Crippen LogP contribution in [-0.4, -0.2) is 211 Å². The van der Waals surface area contributed by atoms with Gasteiger partial charge in [0.2, 0.25) is 23.6 Å². The van der Waals surface area contributed by atoms with Crippen LogP contribution >= 0.6 is 0 Å². The highest BCUT2D eigenvalue weighted by Crippen LogP contribution is 2.59. The second-order valence-corrected chi connectivity index (χ2v) is 28.2. The molecule has 6 aliphatic rings. The van der Waals surface area contributed by atoms with Crippen LogP contribution in [-0.2, 0) is 114 Å². The van der Waals surface area contributed by atoms with E-state index in [0.717, 1.165) is 9.80 Å². The lowest BCUT2D eigenvalue weighted by Crippen LogP contribution is -2.44. The van der Waals surface area contributed by atoms with Crippen LogP contribution < -0.4 is 21.3 Å². The Balaban J connectivity index is 0.000000709. The number of nitrogens with one attached hydrogen (secondary N) is 4. The van der Waals surface area contributed by atoms with Gasteiger partial charge in [-0.25, -0.2) is 38.4 Å². The second kappa shape index (κ2) is 57.9. The monoisotopic (exact) mass is 1610 g/mol. The van der Waals surface area contributed by atoms with Crippen molar-refractivity contribution < 1.29 is 124 Å². The van der Waals surface area contributed by atoms with Gasteiger partial charge in [-0.1, -0.05) is 52.3 Å². The first-order valence-electron chi connectivity index (χ1n) is 39.3. The Hall–Kier alpha value is -10.0. The van der Waals surface area contributed by atoms with Crippen molar-refractivity contribution in [2.24, 2.45) is 47.3 Å². The molecule has 8 amide bonds. The van der Waals surface area contributed by atoms with Crippen LogP contribution in [0.15, 0.2) is 72.9 Å². The molecule has 0 heterocycles. The summed E-state index contributed by atoms with van der Waals surface area (Å²) in [4.78, 5) is 185. The molecule has 0 aliphatic heterocycles. The van der Waals surface area contributed by atoms with Crippen molar-refractivity contribution in [1.82, 2.24) is 31.1 Å². The molecule has 0 spiro atoms. The summed E-state index contributed by atoms with van der Waals surface area (Å²) in [7, 11) is 0. The number of ether oxygens (including phenoxy) is 10. The average Bonchev–Trinajstić information content (AvgIpc) is 1.63. The lowest BCUT2D eigenvalue weighted by molar-refractivity contribution is -0.150. The normalized spacial score (nSPS) is 18.1. The van der Waals surface area contributed by atoms with Gasteiger partial charge >= 0.3 is 71.8 Å². The number of hydrogen-bond donors (Lipinski definition) is 4. The lowest BCUT2D eigenvalue weighted by atomic mass is 9.82. The molecular formula is C82H126N6O26. The third-order valence-electron chi connectivity index (χ3n) is 19.0. The maximum atomic E-state index is 12.1. The van der Waals surface area contributed by atoms with E-state index < -0.39 is 83.6 Å². The molecule has 6 aliphatic carbocycles. The molecule has 6 rings (SSSR count). The Morgan fingerprint density at radius 2 is 0.509 bits per heavy atom. The third kappa shape index (κ3) is 42.7. The van der Waals surface area contributed by atoms with E-state index in [9.17, 15) is 76.7 Å². The van der Waals surface area contributed by atoms with Crippen molar-refractivity contribution in [1.29, 1.82) is 0 Å². The molecular weight excluding hydrogens is 1480 g/mol. The fourth-order valence-corrected chi connectivity index (χ4v) is 13.6. The van der Waals surface area contributed by atoms with Crippen LogP contribution in [0, 0.1) is 47.3 Å². The molecule has 32 nitrogen and oxygen atoms in total. The molecule has 4 N–H and O–H groups in total. The molecule has 0 saturated heterocycles.